The number of hydrogen-bond acceptors (Lipinski definition) is 4. The molecule has 7 heteroatoms. The van der Waals surface area contributed by atoms with Gasteiger partial charge in [-0.3, -0.25) is 4.79 Å². The minimum Gasteiger partial charge on any atom is -0.477 e. The normalized spacial score (nSPS) is 11.9. The first-order valence-corrected chi connectivity index (χ1v) is 6.49. The van der Waals surface area contributed by atoms with Crippen LogP contribution in [0.4, 0.5) is 5.69 Å². The second kappa shape index (κ2) is 6.43. The SMILES string of the molecule is O=C(O)c1c(NCC(O)c2cccc(Cl)c2)cc[nH]c1=O. The van der Waals surface area contributed by atoms with Crippen LogP contribution < -0.4 is 10.9 Å². The number of carboxylic acids is 1. The number of benzene rings is 1. The summed E-state index contributed by atoms with van der Waals surface area (Å²) < 4.78 is 0. The number of aromatic nitrogens is 1. The van der Waals surface area contributed by atoms with Crippen molar-refractivity contribution in [2.24, 2.45) is 0 Å². The summed E-state index contributed by atoms with van der Waals surface area (Å²) in [7, 11) is 0. The van der Waals surface area contributed by atoms with E-state index in [1.807, 2.05) is 0 Å². The molecule has 6 nitrogen and oxygen atoms in total. The molecule has 0 aliphatic carbocycles. The van der Waals surface area contributed by atoms with Gasteiger partial charge in [-0.2, -0.15) is 0 Å². The van der Waals surface area contributed by atoms with Crippen molar-refractivity contribution in [3.63, 3.8) is 0 Å². The number of carboxylic acid groups (broad SMARTS) is 1. The fraction of sp³-hybridized carbons (Fsp3) is 0.143. The maximum atomic E-state index is 11.5. The van der Waals surface area contributed by atoms with Crippen LogP contribution in [0.5, 0.6) is 0 Å². The molecule has 1 heterocycles. The van der Waals surface area contributed by atoms with Crippen molar-refractivity contribution in [1.82, 2.24) is 4.98 Å². The first-order valence-electron chi connectivity index (χ1n) is 6.11. The maximum Gasteiger partial charge on any atom is 0.343 e. The van der Waals surface area contributed by atoms with E-state index in [2.05, 4.69) is 10.3 Å². The lowest BCUT2D eigenvalue weighted by Gasteiger charge is -2.14. The van der Waals surface area contributed by atoms with Gasteiger partial charge in [-0.1, -0.05) is 23.7 Å². The van der Waals surface area contributed by atoms with Crippen molar-refractivity contribution in [2.75, 3.05) is 11.9 Å². The summed E-state index contributed by atoms with van der Waals surface area (Å²) in [5, 5.41) is 22.3. The number of carbonyl (C=O) groups is 1. The van der Waals surface area contributed by atoms with E-state index in [1.54, 1.807) is 24.3 Å². The Morgan fingerprint density at radius 1 is 1.38 bits per heavy atom. The Morgan fingerprint density at radius 2 is 2.14 bits per heavy atom. The zero-order valence-electron chi connectivity index (χ0n) is 10.8. The van der Waals surface area contributed by atoms with Crippen molar-refractivity contribution in [2.45, 2.75) is 6.10 Å². The molecular weight excluding hydrogens is 296 g/mol. The molecule has 2 rings (SSSR count). The van der Waals surface area contributed by atoms with Crippen molar-refractivity contribution >= 4 is 23.3 Å². The van der Waals surface area contributed by atoms with Crippen LogP contribution in [0.3, 0.4) is 0 Å². The third-order valence-corrected chi connectivity index (χ3v) is 3.13. The van der Waals surface area contributed by atoms with E-state index >= 15 is 0 Å². The molecule has 0 spiro atoms. The number of rotatable bonds is 5. The first kappa shape index (κ1) is 15.1. The Morgan fingerprint density at radius 3 is 2.81 bits per heavy atom. The third-order valence-electron chi connectivity index (χ3n) is 2.89. The van der Waals surface area contributed by atoms with Gasteiger partial charge in [-0.15, -0.1) is 0 Å². The molecule has 1 aromatic heterocycles. The largest absolute Gasteiger partial charge is 0.477 e. The standard InChI is InChI=1S/C14H13ClN2O4/c15-9-3-1-2-8(6-9)11(18)7-17-10-4-5-16-13(19)12(10)14(20)21/h1-6,11,18H,7H2,(H,20,21)(H2,16,17,19). The van der Waals surface area contributed by atoms with E-state index in [1.165, 1.54) is 12.3 Å². The number of anilines is 1. The monoisotopic (exact) mass is 308 g/mol. The van der Waals surface area contributed by atoms with Gasteiger partial charge in [0.2, 0.25) is 0 Å². The number of halogens is 1. The molecule has 0 saturated heterocycles. The van der Waals surface area contributed by atoms with Crippen LogP contribution in [0.25, 0.3) is 0 Å². The average Bonchev–Trinajstić information content (AvgIpc) is 2.44. The molecule has 1 atom stereocenters. The van der Waals surface area contributed by atoms with E-state index in [9.17, 15) is 14.7 Å². The lowest BCUT2D eigenvalue weighted by Crippen LogP contribution is -2.21. The molecule has 0 fully saturated rings. The maximum absolute atomic E-state index is 11.5. The van der Waals surface area contributed by atoms with Crippen LogP contribution >= 0.6 is 11.6 Å². The number of aliphatic hydroxyl groups excluding tert-OH is 1. The summed E-state index contributed by atoms with van der Waals surface area (Å²) in [5.74, 6) is -1.34. The van der Waals surface area contributed by atoms with Gasteiger partial charge in [0.25, 0.3) is 5.56 Å². The van der Waals surface area contributed by atoms with E-state index in [0.717, 1.165) is 0 Å². The molecule has 110 valence electrons. The van der Waals surface area contributed by atoms with Gasteiger partial charge in [0.1, 0.15) is 5.56 Å². The Kier molecular flexibility index (Phi) is 4.62. The van der Waals surface area contributed by atoms with Gasteiger partial charge in [0.15, 0.2) is 0 Å². The minimum atomic E-state index is -1.34. The molecule has 0 aliphatic heterocycles. The van der Waals surface area contributed by atoms with E-state index < -0.39 is 23.2 Å². The Bertz CT molecular complexity index is 714. The number of aromatic carboxylic acids is 1. The van der Waals surface area contributed by atoms with Crippen molar-refractivity contribution < 1.29 is 15.0 Å². The zero-order chi connectivity index (χ0) is 15.4. The quantitative estimate of drug-likeness (QED) is 0.675. The van der Waals surface area contributed by atoms with Crippen LogP contribution in [0.1, 0.15) is 22.0 Å². The van der Waals surface area contributed by atoms with Crippen molar-refractivity contribution in [3.05, 3.63) is 63.0 Å². The molecule has 1 unspecified atom stereocenters. The van der Waals surface area contributed by atoms with Gasteiger partial charge in [0, 0.05) is 17.8 Å². The molecule has 0 saturated carbocycles. The summed E-state index contributed by atoms with van der Waals surface area (Å²) >= 11 is 5.84. The lowest BCUT2D eigenvalue weighted by atomic mass is 10.1. The molecule has 0 radical (unpaired) electrons. The average molecular weight is 309 g/mol. The van der Waals surface area contributed by atoms with Crippen LogP contribution in [0.2, 0.25) is 5.02 Å². The van der Waals surface area contributed by atoms with E-state index in [-0.39, 0.29) is 12.2 Å². The summed E-state index contributed by atoms with van der Waals surface area (Å²) in [4.78, 5) is 24.8. The molecule has 0 bridgehead atoms. The molecule has 0 aliphatic rings. The minimum absolute atomic E-state index is 0.0457. The smallest absolute Gasteiger partial charge is 0.343 e. The van der Waals surface area contributed by atoms with E-state index in [4.69, 9.17) is 16.7 Å². The van der Waals surface area contributed by atoms with Crippen LogP contribution in [0, 0.1) is 0 Å². The van der Waals surface area contributed by atoms with Gasteiger partial charge in [-0.05, 0) is 23.8 Å². The predicted molar refractivity (Wildman–Crippen MR) is 78.9 cm³/mol. The topological polar surface area (TPSA) is 102 Å². The van der Waals surface area contributed by atoms with Crippen LogP contribution in [-0.4, -0.2) is 27.7 Å². The molecule has 2 aromatic rings. The van der Waals surface area contributed by atoms with E-state index in [0.29, 0.717) is 10.6 Å². The highest BCUT2D eigenvalue weighted by atomic mass is 35.5. The first-order chi connectivity index (χ1) is 9.99. The molecule has 4 N–H and O–H groups in total. The second-order valence-corrected chi connectivity index (χ2v) is 4.79. The lowest BCUT2D eigenvalue weighted by molar-refractivity contribution is 0.0696. The van der Waals surface area contributed by atoms with Gasteiger partial charge >= 0.3 is 5.97 Å². The number of aliphatic hydroxyl groups is 1. The number of nitrogens with one attached hydrogen (secondary N) is 2. The molecular formula is C14H13ClN2O4. The fourth-order valence-electron chi connectivity index (χ4n) is 1.88. The predicted octanol–water partition coefficient (Wildman–Crippen LogP) is 1.87. The highest BCUT2D eigenvalue weighted by Gasteiger charge is 2.15. The van der Waals surface area contributed by atoms with Crippen molar-refractivity contribution in [1.29, 1.82) is 0 Å². The molecule has 1 aromatic carbocycles. The summed E-state index contributed by atoms with van der Waals surface area (Å²) in [5.41, 5.74) is -0.357. The fourth-order valence-corrected chi connectivity index (χ4v) is 2.08. The summed E-state index contributed by atoms with van der Waals surface area (Å²) in [6.45, 7) is 0.0457. The van der Waals surface area contributed by atoms with Gasteiger partial charge in [-0.25, -0.2) is 4.79 Å². The highest BCUT2D eigenvalue weighted by molar-refractivity contribution is 6.30. The number of aromatic amines is 1. The third kappa shape index (κ3) is 3.62. The number of pyridine rings is 1. The zero-order valence-corrected chi connectivity index (χ0v) is 11.6. The second-order valence-electron chi connectivity index (χ2n) is 4.35. The molecule has 0 amide bonds. The summed E-state index contributed by atoms with van der Waals surface area (Å²) in [6.07, 6.45) is 0.452. The Hall–Kier alpha value is -2.31. The number of hydrogen-bond donors (Lipinski definition) is 4. The highest BCUT2D eigenvalue weighted by Crippen LogP contribution is 2.19. The van der Waals surface area contributed by atoms with Crippen LogP contribution in [0.15, 0.2) is 41.3 Å². The Balaban J connectivity index is 2.15. The Labute approximate surface area is 125 Å². The van der Waals surface area contributed by atoms with Crippen molar-refractivity contribution in [3.8, 4) is 0 Å². The molecule has 21 heavy (non-hydrogen) atoms. The van der Waals surface area contributed by atoms with Gasteiger partial charge < -0.3 is 20.5 Å². The van der Waals surface area contributed by atoms with Gasteiger partial charge in [0.05, 0.1) is 11.8 Å². The van der Waals surface area contributed by atoms with Crippen LogP contribution in [-0.2, 0) is 0 Å². The number of H-pyrrole nitrogens is 1. The summed E-state index contributed by atoms with van der Waals surface area (Å²) in [6, 6.07) is 8.13.